The molecule has 1 aliphatic heterocycles. The van der Waals surface area contributed by atoms with Crippen molar-refractivity contribution in [2.24, 2.45) is 17.8 Å². The Kier molecular flexibility index (Phi) is 43.9. The third-order valence-electron chi connectivity index (χ3n) is 14.3. The Balaban J connectivity index is 2.47. The van der Waals surface area contributed by atoms with Crippen LogP contribution in [0.1, 0.15) is 311 Å². The predicted octanol–water partition coefficient (Wildman–Crippen LogP) is 17.5. The van der Waals surface area contributed by atoms with Gasteiger partial charge in [0.25, 0.3) is 0 Å². The van der Waals surface area contributed by atoms with Gasteiger partial charge >= 0.3 is 17.9 Å². The molecule has 1 saturated heterocycles. The molecular weight excluding hydrogens is 849 g/mol. The smallest absolute Gasteiger partial charge is 0.306 e. The van der Waals surface area contributed by atoms with Gasteiger partial charge in [-0.05, 0) is 37.0 Å². The molecule has 0 aliphatic carbocycles. The highest BCUT2D eigenvalue weighted by atomic mass is 16.6. The summed E-state index contributed by atoms with van der Waals surface area (Å²) >= 11 is 0. The average Bonchev–Trinajstić information content (AvgIpc) is 3.68. The lowest BCUT2D eigenvalue weighted by Gasteiger charge is -2.28. The van der Waals surface area contributed by atoms with Crippen molar-refractivity contribution >= 4 is 17.9 Å². The van der Waals surface area contributed by atoms with Gasteiger partial charge < -0.3 is 24.1 Å². The van der Waals surface area contributed by atoms with Crippen LogP contribution >= 0.6 is 0 Å². The summed E-state index contributed by atoms with van der Waals surface area (Å²) in [5.74, 6) is 1.36. The van der Waals surface area contributed by atoms with Crippen LogP contribution in [0, 0.1) is 17.8 Å². The van der Waals surface area contributed by atoms with E-state index in [1.807, 2.05) is 0 Å². The molecule has 8 nitrogen and oxygen atoms in total. The van der Waals surface area contributed by atoms with E-state index >= 15 is 0 Å². The van der Waals surface area contributed by atoms with E-state index in [1.165, 1.54) is 193 Å². The molecule has 0 spiro atoms. The Hall–Kier alpha value is -1.67. The van der Waals surface area contributed by atoms with E-state index in [-0.39, 0.29) is 31.4 Å². The number of carbonyl (C=O) groups excluding carboxylic acids is 3. The summed E-state index contributed by atoms with van der Waals surface area (Å²) in [6.45, 7) is 13.4. The first kappa shape index (κ1) is 64.3. The van der Waals surface area contributed by atoms with Gasteiger partial charge in [0.1, 0.15) is 6.10 Å². The number of aliphatic hydroxyl groups is 1. The molecule has 1 unspecified atom stereocenters. The monoisotopic (exact) mass is 963 g/mol. The molecule has 0 bridgehead atoms. The van der Waals surface area contributed by atoms with Crippen molar-refractivity contribution in [3.05, 3.63) is 0 Å². The number of hydrogen-bond acceptors (Lipinski definition) is 8. The highest BCUT2D eigenvalue weighted by Crippen LogP contribution is 2.27. The van der Waals surface area contributed by atoms with Gasteiger partial charge in [0.05, 0.1) is 13.2 Å². The number of unbranched alkanes of at least 4 members (excludes halogenated alkanes) is 33. The Bertz CT molecular complexity index is 1140. The SMILES string of the molecule is CC(C)CCCCCCCCCCCCCCC(=O)O[C@H]1COC([C@@H](CO)OC(=O)CCCCCCCCCCCCCCC(C)C)[C@@H]1OC(=O)CCCCCCCCCCCCCCC(C)C. The Morgan fingerprint density at radius 1 is 0.397 bits per heavy atom. The number of rotatable bonds is 50. The quantitative estimate of drug-likeness (QED) is 0.0365. The van der Waals surface area contributed by atoms with Gasteiger partial charge in [0, 0.05) is 19.3 Å². The highest BCUT2D eigenvalue weighted by Gasteiger charge is 2.47. The van der Waals surface area contributed by atoms with Gasteiger partial charge in [0.2, 0.25) is 0 Å². The fraction of sp³-hybridized carbons (Fsp3) is 0.950. The topological polar surface area (TPSA) is 108 Å². The van der Waals surface area contributed by atoms with Gasteiger partial charge in [-0.3, -0.25) is 14.4 Å². The van der Waals surface area contributed by atoms with Crippen LogP contribution in [0.2, 0.25) is 0 Å². The molecule has 0 amide bonds. The fourth-order valence-corrected chi connectivity index (χ4v) is 9.81. The third-order valence-corrected chi connectivity index (χ3v) is 14.3. The molecule has 0 aromatic rings. The standard InChI is InChI=1S/C60H114O8/c1-51(2)43-37-31-25-19-13-7-10-16-22-28-34-40-46-56(62)66-54(49-61)59-60(68-58(64)48-42-36-30-24-18-12-9-15-21-27-33-39-45-53(5)6)55(50-65-59)67-57(63)47-41-35-29-23-17-11-8-14-20-26-32-38-44-52(3)4/h51-55,59-61H,7-50H2,1-6H3/t54-,55+,59?,60-/m1/s1. The number of carbonyl (C=O) groups is 3. The van der Waals surface area contributed by atoms with E-state index in [0.717, 1.165) is 75.5 Å². The van der Waals surface area contributed by atoms with Gasteiger partial charge in [-0.15, -0.1) is 0 Å². The number of aliphatic hydroxyl groups excluding tert-OH is 1. The first-order valence-electron chi connectivity index (χ1n) is 29.8. The van der Waals surface area contributed by atoms with Crippen molar-refractivity contribution in [3.63, 3.8) is 0 Å². The minimum Gasteiger partial charge on any atom is -0.457 e. The van der Waals surface area contributed by atoms with Gasteiger partial charge in [0.15, 0.2) is 18.3 Å². The van der Waals surface area contributed by atoms with Crippen LogP contribution in [0.25, 0.3) is 0 Å². The van der Waals surface area contributed by atoms with Crippen molar-refractivity contribution in [1.82, 2.24) is 0 Å². The van der Waals surface area contributed by atoms with Crippen LogP contribution in [-0.4, -0.2) is 60.6 Å². The molecule has 1 N–H and O–H groups in total. The second kappa shape index (κ2) is 46.4. The molecule has 1 fully saturated rings. The summed E-state index contributed by atoms with van der Waals surface area (Å²) < 4.78 is 23.7. The molecule has 1 aliphatic rings. The molecule has 1 heterocycles. The number of ether oxygens (including phenoxy) is 4. The maximum Gasteiger partial charge on any atom is 0.306 e. The van der Waals surface area contributed by atoms with E-state index in [4.69, 9.17) is 18.9 Å². The lowest BCUT2D eigenvalue weighted by molar-refractivity contribution is -0.175. The summed E-state index contributed by atoms with van der Waals surface area (Å²) in [7, 11) is 0. The van der Waals surface area contributed by atoms with Crippen molar-refractivity contribution in [2.75, 3.05) is 13.2 Å². The molecule has 1 rings (SSSR count). The van der Waals surface area contributed by atoms with Crippen LogP contribution < -0.4 is 0 Å². The minimum atomic E-state index is -1.02. The first-order valence-corrected chi connectivity index (χ1v) is 29.8. The van der Waals surface area contributed by atoms with E-state index in [9.17, 15) is 19.5 Å². The normalized spacial score (nSPS) is 16.6. The second-order valence-electron chi connectivity index (χ2n) is 22.5. The van der Waals surface area contributed by atoms with Gasteiger partial charge in [-0.2, -0.15) is 0 Å². The van der Waals surface area contributed by atoms with E-state index in [0.29, 0.717) is 6.42 Å². The van der Waals surface area contributed by atoms with E-state index in [2.05, 4.69) is 41.5 Å². The summed E-state index contributed by atoms with van der Waals surface area (Å²) in [6.07, 6.45) is 45.1. The lowest BCUT2D eigenvalue weighted by Crippen LogP contribution is -2.46. The summed E-state index contributed by atoms with van der Waals surface area (Å²) in [5, 5.41) is 10.4. The largest absolute Gasteiger partial charge is 0.457 e. The molecular formula is C60H114O8. The molecule has 402 valence electrons. The lowest BCUT2D eigenvalue weighted by atomic mass is 10.0. The number of hydrogen-bond donors (Lipinski definition) is 1. The van der Waals surface area contributed by atoms with Gasteiger partial charge in [-0.25, -0.2) is 0 Å². The van der Waals surface area contributed by atoms with Gasteiger partial charge in [-0.1, -0.05) is 273 Å². The van der Waals surface area contributed by atoms with Crippen molar-refractivity contribution in [2.45, 2.75) is 336 Å². The third kappa shape index (κ3) is 40.0. The number of esters is 3. The molecule has 0 aromatic heterocycles. The highest BCUT2D eigenvalue weighted by molar-refractivity contribution is 5.71. The summed E-state index contributed by atoms with van der Waals surface area (Å²) in [4.78, 5) is 39.3. The molecule has 0 radical (unpaired) electrons. The Labute approximate surface area is 421 Å². The Morgan fingerprint density at radius 3 is 0.956 bits per heavy atom. The molecule has 8 heteroatoms. The zero-order chi connectivity index (χ0) is 49.7. The van der Waals surface area contributed by atoms with Crippen LogP contribution in [0.5, 0.6) is 0 Å². The summed E-state index contributed by atoms with van der Waals surface area (Å²) in [6, 6.07) is 0. The predicted molar refractivity (Wildman–Crippen MR) is 285 cm³/mol. The van der Waals surface area contributed by atoms with Crippen molar-refractivity contribution in [1.29, 1.82) is 0 Å². The van der Waals surface area contributed by atoms with E-state index < -0.39 is 37.0 Å². The minimum absolute atomic E-state index is 0.0246. The average molecular weight is 964 g/mol. The van der Waals surface area contributed by atoms with Crippen LogP contribution in [0.4, 0.5) is 0 Å². The Morgan fingerprint density at radius 2 is 0.662 bits per heavy atom. The maximum atomic E-state index is 13.3. The fourth-order valence-electron chi connectivity index (χ4n) is 9.81. The van der Waals surface area contributed by atoms with Crippen molar-refractivity contribution < 1.29 is 38.4 Å². The summed E-state index contributed by atoms with van der Waals surface area (Å²) in [5.41, 5.74) is 0. The van der Waals surface area contributed by atoms with Crippen LogP contribution in [0.3, 0.4) is 0 Å². The molecule has 4 atom stereocenters. The van der Waals surface area contributed by atoms with Crippen molar-refractivity contribution in [3.8, 4) is 0 Å². The molecule has 0 saturated carbocycles. The van der Waals surface area contributed by atoms with Crippen LogP contribution in [-0.2, 0) is 33.3 Å². The molecule has 0 aromatic carbocycles. The first-order chi connectivity index (χ1) is 33.0. The zero-order valence-corrected chi connectivity index (χ0v) is 46.0. The van der Waals surface area contributed by atoms with Crippen LogP contribution in [0.15, 0.2) is 0 Å². The second-order valence-corrected chi connectivity index (χ2v) is 22.5. The van der Waals surface area contributed by atoms with E-state index in [1.54, 1.807) is 0 Å². The maximum absolute atomic E-state index is 13.3. The molecule has 68 heavy (non-hydrogen) atoms. The zero-order valence-electron chi connectivity index (χ0n) is 46.0.